The Morgan fingerprint density at radius 2 is 1.64 bits per heavy atom. The molecule has 1 aliphatic heterocycles. The molecule has 0 amide bonds. The Bertz CT molecular complexity index is 1020. The van der Waals surface area contributed by atoms with Crippen LogP contribution in [-0.2, 0) is 37.9 Å². The summed E-state index contributed by atoms with van der Waals surface area (Å²) in [6.45, 7) is -0.326. The molecule has 4 N–H and O–H groups in total. The Balaban J connectivity index is 1.64. The molecule has 2 aromatic carbocycles. The van der Waals surface area contributed by atoms with Gasteiger partial charge in [-0.1, -0.05) is 66.7 Å². The number of aliphatic hydroxyl groups is 2. The molecule has 2 heterocycles. The molecule has 174 valence electrons. The lowest BCUT2D eigenvalue weighted by Gasteiger charge is -2.48. The molecule has 5 atom stereocenters. The third kappa shape index (κ3) is 5.16. The molecule has 0 bridgehead atoms. The van der Waals surface area contributed by atoms with E-state index in [4.69, 9.17) is 19.9 Å². The van der Waals surface area contributed by atoms with Crippen LogP contribution in [0.15, 0.2) is 78.2 Å². The summed E-state index contributed by atoms with van der Waals surface area (Å²) in [4.78, 5) is 13.9. The first kappa shape index (κ1) is 23.6. The topological polar surface area (TPSA) is 111 Å². The first-order valence-electron chi connectivity index (χ1n) is 10.7. The predicted octanol–water partition coefficient (Wildman–Crippen LogP) is 2.56. The van der Waals surface area contributed by atoms with Crippen molar-refractivity contribution in [3.63, 3.8) is 0 Å². The SMILES string of the molecule is N[C@@]1(c2cccs2)O[C@H](CO)[C@@H](O)[C@H](C(=O)OCc2ccccc2)[C@H]1OCc1ccccc1. The minimum absolute atomic E-state index is 0.0372. The van der Waals surface area contributed by atoms with Crippen molar-refractivity contribution in [3.8, 4) is 0 Å². The summed E-state index contributed by atoms with van der Waals surface area (Å²) in [5.41, 5.74) is 6.85. The molecule has 3 aromatic rings. The van der Waals surface area contributed by atoms with Crippen molar-refractivity contribution in [1.82, 2.24) is 0 Å². The number of ether oxygens (including phenoxy) is 3. The first-order chi connectivity index (χ1) is 16.0. The van der Waals surface area contributed by atoms with Crippen LogP contribution in [-0.4, -0.2) is 41.1 Å². The van der Waals surface area contributed by atoms with E-state index in [-0.39, 0.29) is 13.2 Å². The average molecular weight is 470 g/mol. The van der Waals surface area contributed by atoms with E-state index in [1.807, 2.05) is 72.1 Å². The fourth-order valence-electron chi connectivity index (χ4n) is 3.98. The molecule has 0 saturated carbocycles. The summed E-state index contributed by atoms with van der Waals surface area (Å²) in [5.74, 6) is -1.84. The summed E-state index contributed by atoms with van der Waals surface area (Å²) in [5, 5.41) is 22.7. The second kappa shape index (κ2) is 10.6. The number of hydrogen-bond donors (Lipinski definition) is 3. The van der Waals surface area contributed by atoms with Gasteiger partial charge in [0.2, 0.25) is 0 Å². The summed E-state index contributed by atoms with van der Waals surface area (Å²) < 4.78 is 17.7. The van der Waals surface area contributed by atoms with Gasteiger partial charge in [0.15, 0.2) is 5.72 Å². The van der Waals surface area contributed by atoms with Gasteiger partial charge in [-0.15, -0.1) is 11.3 Å². The Hall–Kier alpha value is -2.59. The van der Waals surface area contributed by atoms with Gasteiger partial charge in [0.25, 0.3) is 0 Å². The van der Waals surface area contributed by atoms with Crippen molar-refractivity contribution in [2.24, 2.45) is 11.7 Å². The molecule has 0 radical (unpaired) electrons. The number of aliphatic hydroxyl groups excluding tert-OH is 2. The second-order valence-corrected chi connectivity index (χ2v) is 8.88. The Morgan fingerprint density at radius 1 is 1.00 bits per heavy atom. The van der Waals surface area contributed by atoms with E-state index in [0.29, 0.717) is 4.88 Å². The van der Waals surface area contributed by atoms with Crippen LogP contribution in [0.5, 0.6) is 0 Å². The van der Waals surface area contributed by atoms with E-state index in [1.165, 1.54) is 11.3 Å². The molecule has 0 unspecified atom stereocenters. The Labute approximate surface area is 196 Å². The van der Waals surface area contributed by atoms with Crippen molar-refractivity contribution < 1.29 is 29.2 Å². The van der Waals surface area contributed by atoms with E-state index < -0.39 is 42.5 Å². The highest BCUT2D eigenvalue weighted by Crippen LogP contribution is 2.42. The van der Waals surface area contributed by atoms with Crippen LogP contribution in [0.4, 0.5) is 0 Å². The van der Waals surface area contributed by atoms with E-state index in [0.717, 1.165) is 11.1 Å². The summed E-state index contributed by atoms with van der Waals surface area (Å²) in [6.07, 6.45) is -3.50. The lowest BCUT2D eigenvalue weighted by atomic mass is 9.82. The third-order valence-electron chi connectivity index (χ3n) is 5.70. The number of nitrogens with two attached hydrogens (primary N) is 1. The molecule has 0 aliphatic carbocycles. The fraction of sp³-hybridized carbons (Fsp3) is 0.320. The normalized spacial score (nSPS) is 27.2. The maximum absolute atomic E-state index is 13.3. The molecule has 4 rings (SSSR count). The molecule has 33 heavy (non-hydrogen) atoms. The quantitative estimate of drug-likeness (QED) is 0.435. The van der Waals surface area contributed by atoms with E-state index in [1.54, 1.807) is 6.07 Å². The maximum Gasteiger partial charge on any atom is 0.314 e. The van der Waals surface area contributed by atoms with Gasteiger partial charge >= 0.3 is 5.97 Å². The molecule has 8 heteroatoms. The van der Waals surface area contributed by atoms with Crippen molar-refractivity contribution in [2.45, 2.75) is 37.3 Å². The monoisotopic (exact) mass is 469 g/mol. The number of rotatable bonds is 8. The molecule has 1 fully saturated rings. The molecule has 7 nitrogen and oxygen atoms in total. The van der Waals surface area contributed by atoms with Crippen LogP contribution in [0.1, 0.15) is 16.0 Å². The van der Waals surface area contributed by atoms with E-state index in [2.05, 4.69) is 0 Å². The van der Waals surface area contributed by atoms with Crippen molar-refractivity contribution >= 4 is 17.3 Å². The van der Waals surface area contributed by atoms with Crippen molar-refractivity contribution in [1.29, 1.82) is 0 Å². The molecule has 1 aliphatic rings. The van der Waals surface area contributed by atoms with Gasteiger partial charge in [-0.3, -0.25) is 10.5 Å². The third-order valence-corrected chi connectivity index (χ3v) is 6.70. The summed E-state index contributed by atoms with van der Waals surface area (Å²) in [7, 11) is 0. The minimum atomic E-state index is -1.56. The number of carbonyl (C=O) groups excluding carboxylic acids is 1. The van der Waals surface area contributed by atoms with Crippen LogP contribution in [0.2, 0.25) is 0 Å². The number of hydrogen-bond acceptors (Lipinski definition) is 8. The zero-order valence-electron chi connectivity index (χ0n) is 17.9. The largest absolute Gasteiger partial charge is 0.460 e. The minimum Gasteiger partial charge on any atom is -0.460 e. The van der Waals surface area contributed by atoms with Crippen molar-refractivity contribution in [2.75, 3.05) is 6.61 Å². The van der Waals surface area contributed by atoms with E-state index in [9.17, 15) is 15.0 Å². The second-order valence-electron chi connectivity index (χ2n) is 7.94. The van der Waals surface area contributed by atoms with Crippen LogP contribution < -0.4 is 5.73 Å². The van der Waals surface area contributed by atoms with Gasteiger partial charge in [-0.2, -0.15) is 0 Å². The number of thiophene rings is 1. The number of esters is 1. The highest BCUT2D eigenvalue weighted by atomic mass is 32.1. The Morgan fingerprint density at radius 3 is 2.21 bits per heavy atom. The van der Waals surface area contributed by atoms with Gasteiger partial charge in [0.1, 0.15) is 24.7 Å². The molecule has 1 saturated heterocycles. The molecule has 1 aromatic heterocycles. The van der Waals surface area contributed by atoms with Crippen molar-refractivity contribution in [3.05, 3.63) is 94.2 Å². The Kier molecular flexibility index (Phi) is 7.54. The van der Waals surface area contributed by atoms with Crippen LogP contribution in [0.3, 0.4) is 0 Å². The first-order valence-corrected chi connectivity index (χ1v) is 11.6. The highest BCUT2D eigenvalue weighted by molar-refractivity contribution is 7.10. The van der Waals surface area contributed by atoms with Crippen LogP contribution in [0, 0.1) is 5.92 Å². The van der Waals surface area contributed by atoms with E-state index >= 15 is 0 Å². The van der Waals surface area contributed by atoms with Gasteiger partial charge in [0, 0.05) is 0 Å². The standard InChI is InChI=1S/C25H27NO6S/c26-25(20-12-7-13-33-20)23(30-15-17-8-3-1-4-9-17)21(22(28)19(14-27)32-25)24(29)31-16-18-10-5-2-6-11-18/h1-13,19,21-23,27-28H,14-16,26H2/t19-,21+,22-,23-,25+/m1/s1. The molecule has 0 spiro atoms. The van der Waals surface area contributed by atoms with Gasteiger partial charge in [-0.25, -0.2) is 0 Å². The van der Waals surface area contributed by atoms with Gasteiger partial charge in [0.05, 0.1) is 24.2 Å². The number of benzene rings is 2. The average Bonchev–Trinajstić information content (AvgIpc) is 3.40. The lowest BCUT2D eigenvalue weighted by molar-refractivity contribution is -0.276. The van der Waals surface area contributed by atoms with Gasteiger partial charge < -0.3 is 24.4 Å². The molecular formula is C25H27NO6S. The summed E-state index contributed by atoms with van der Waals surface area (Å²) in [6, 6.07) is 22.3. The summed E-state index contributed by atoms with van der Waals surface area (Å²) >= 11 is 1.35. The smallest absolute Gasteiger partial charge is 0.314 e. The maximum atomic E-state index is 13.3. The van der Waals surface area contributed by atoms with Gasteiger partial charge in [-0.05, 0) is 22.6 Å². The zero-order chi connectivity index (χ0) is 23.3. The fourth-order valence-corrected chi connectivity index (χ4v) is 4.79. The highest BCUT2D eigenvalue weighted by Gasteiger charge is 2.57. The van der Waals surface area contributed by atoms with Crippen LogP contribution in [0.25, 0.3) is 0 Å². The van der Waals surface area contributed by atoms with Crippen LogP contribution >= 0.6 is 11.3 Å². The lowest BCUT2D eigenvalue weighted by Crippen LogP contribution is -2.67. The molecular weight excluding hydrogens is 442 g/mol. The number of carbonyl (C=O) groups is 1. The predicted molar refractivity (Wildman–Crippen MR) is 123 cm³/mol. The zero-order valence-corrected chi connectivity index (χ0v) is 18.8.